The lowest BCUT2D eigenvalue weighted by Crippen LogP contribution is -1.96. The van der Waals surface area contributed by atoms with E-state index in [0.717, 1.165) is 5.56 Å². The highest BCUT2D eigenvalue weighted by Crippen LogP contribution is 2.19. The first-order chi connectivity index (χ1) is 8.29. The van der Waals surface area contributed by atoms with Crippen molar-refractivity contribution in [1.82, 2.24) is 4.98 Å². The van der Waals surface area contributed by atoms with Gasteiger partial charge in [-0.05, 0) is 24.3 Å². The molecule has 0 unspecified atom stereocenters. The van der Waals surface area contributed by atoms with Crippen LogP contribution in [0.2, 0.25) is 5.02 Å². The molecule has 0 amide bonds. The predicted octanol–water partition coefficient (Wildman–Crippen LogP) is 3.19. The van der Waals surface area contributed by atoms with E-state index in [1.54, 1.807) is 36.7 Å². The van der Waals surface area contributed by atoms with E-state index < -0.39 is 0 Å². The number of nitriles is 1. The van der Waals surface area contributed by atoms with Crippen molar-refractivity contribution in [1.29, 1.82) is 5.26 Å². The number of halogens is 1. The second-order valence-electron chi connectivity index (χ2n) is 3.40. The van der Waals surface area contributed by atoms with Crippen LogP contribution in [-0.4, -0.2) is 4.98 Å². The Morgan fingerprint density at radius 2 is 2.24 bits per heavy atom. The van der Waals surface area contributed by atoms with E-state index in [4.69, 9.17) is 21.6 Å². The molecule has 0 N–H and O–H groups in total. The average Bonchev–Trinajstić information content (AvgIpc) is 2.38. The zero-order valence-corrected chi connectivity index (χ0v) is 9.69. The lowest BCUT2D eigenvalue weighted by molar-refractivity contribution is 0.305. The van der Waals surface area contributed by atoms with Crippen LogP contribution in [0.5, 0.6) is 5.75 Å². The number of benzene rings is 1. The fourth-order valence-electron chi connectivity index (χ4n) is 1.33. The number of pyridine rings is 1. The molecule has 1 aromatic heterocycles. The van der Waals surface area contributed by atoms with Gasteiger partial charge in [-0.2, -0.15) is 5.26 Å². The Balaban J connectivity index is 2.08. The topological polar surface area (TPSA) is 45.9 Å². The van der Waals surface area contributed by atoms with Crippen molar-refractivity contribution in [2.75, 3.05) is 0 Å². The standard InChI is InChI=1S/C13H9ClN2O/c14-13-6-10(7-15)3-4-11(13)9-17-12-2-1-5-16-8-12/h1-6,8H,9H2. The first-order valence-corrected chi connectivity index (χ1v) is 5.39. The molecule has 0 saturated carbocycles. The van der Waals surface area contributed by atoms with Crippen LogP contribution in [0, 0.1) is 11.3 Å². The van der Waals surface area contributed by atoms with Crippen LogP contribution in [-0.2, 0) is 6.61 Å². The first kappa shape index (κ1) is 11.4. The minimum Gasteiger partial charge on any atom is -0.487 e. The third-order valence-corrected chi connectivity index (χ3v) is 2.56. The molecule has 2 rings (SSSR count). The van der Waals surface area contributed by atoms with Gasteiger partial charge in [0, 0.05) is 16.8 Å². The van der Waals surface area contributed by atoms with Gasteiger partial charge in [0.05, 0.1) is 17.8 Å². The van der Waals surface area contributed by atoms with Crippen molar-refractivity contribution in [2.24, 2.45) is 0 Å². The summed E-state index contributed by atoms with van der Waals surface area (Å²) in [5.41, 5.74) is 1.38. The third-order valence-electron chi connectivity index (χ3n) is 2.21. The molecule has 1 heterocycles. The van der Waals surface area contributed by atoms with E-state index in [0.29, 0.717) is 22.9 Å². The Hall–Kier alpha value is -2.05. The van der Waals surface area contributed by atoms with Gasteiger partial charge in [-0.15, -0.1) is 0 Å². The molecule has 0 saturated heterocycles. The summed E-state index contributed by atoms with van der Waals surface area (Å²) in [6.07, 6.45) is 3.32. The molecule has 0 aliphatic rings. The number of hydrogen-bond donors (Lipinski definition) is 0. The summed E-state index contributed by atoms with van der Waals surface area (Å²) < 4.78 is 5.52. The molecule has 0 aliphatic heterocycles. The van der Waals surface area contributed by atoms with Gasteiger partial charge in [0.15, 0.2) is 0 Å². The summed E-state index contributed by atoms with van der Waals surface area (Å²) in [5, 5.41) is 9.25. The normalized spacial score (nSPS) is 9.65. The molecule has 0 spiro atoms. The number of aromatic nitrogens is 1. The van der Waals surface area contributed by atoms with E-state index >= 15 is 0 Å². The molecule has 3 nitrogen and oxygen atoms in total. The van der Waals surface area contributed by atoms with Crippen molar-refractivity contribution >= 4 is 11.6 Å². The molecule has 0 aliphatic carbocycles. The Bertz CT molecular complexity index is 549. The maximum atomic E-state index is 8.71. The second kappa shape index (κ2) is 5.33. The molecule has 0 atom stereocenters. The maximum Gasteiger partial charge on any atom is 0.138 e. The molecule has 84 valence electrons. The lowest BCUT2D eigenvalue weighted by atomic mass is 10.1. The van der Waals surface area contributed by atoms with Gasteiger partial charge < -0.3 is 4.74 Å². The summed E-state index contributed by atoms with van der Waals surface area (Å²) in [6, 6.07) is 10.8. The highest BCUT2D eigenvalue weighted by molar-refractivity contribution is 6.31. The summed E-state index contributed by atoms with van der Waals surface area (Å²) in [6.45, 7) is 0.357. The third kappa shape index (κ3) is 2.96. The van der Waals surface area contributed by atoms with Crippen LogP contribution >= 0.6 is 11.6 Å². The van der Waals surface area contributed by atoms with Crippen LogP contribution in [0.4, 0.5) is 0 Å². The zero-order chi connectivity index (χ0) is 12.1. The second-order valence-corrected chi connectivity index (χ2v) is 3.80. The molecule has 1 aromatic carbocycles. The molecular weight excluding hydrogens is 236 g/mol. The van der Waals surface area contributed by atoms with Crippen LogP contribution in [0.3, 0.4) is 0 Å². The molecule has 17 heavy (non-hydrogen) atoms. The minimum atomic E-state index is 0.357. The molecule has 0 fully saturated rings. The largest absolute Gasteiger partial charge is 0.487 e. The van der Waals surface area contributed by atoms with Gasteiger partial charge in [0.25, 0.3) is 0 Å². The van der Waals surface area contributed by atoms with Gasteiger partial charge in [-0.3, -0.25) is 4.98 Å². The first-order valence-electron chi connectivity index (χ1n) is 5.01. The van der Waals surface area contributed by atoms with Crippen molar-refractivity contribution in [2.45, 2.75) is 6.61 Å². The van der Waals surface area contributed by atoms with Gasteiger partial charge in [-0.25, -0.2) is 0 Å². The quantitative estimate of drug-likeness (QED) is 0.833. The van der Waals surface area contributed by atoms with Gasteiger partial charge in [0.2, 0.25) is 0 Å². The molecule has 0 radical (unpaired) electrons. The number of nitrogens with zero attached hydrogens (tertiary/aromatic N) is 2. The Kier molecular flexibility index (Phi) is 3.59. The number of ether oxygens (including phenoxy) is 1. The van der Waals surface area contributed by atoms with Crippen LogP contribution in [0.1, 0.15) is 11.1 Å². The van der Waals surface area contributed by atoms with Crippen LogP contribution in [0.15, 0.2) is 42.7 Å². The van der Waals surface area contributed by atoms with Crippen LogP contribution < -0.4 is 4.74 Å². The monoisotopic (exact) mass is 244 g/mol. The number of rotatable bonds is 3. The fraction of sp³-hybridized carbons (Fsp3) is 0.0769. The lowest BCUT2D eigenvalue weighted by Gasteiger charge is -2.07. The molecule has 4 heteroatoms. The van der Waals surface area contributed by atoms with Crippen molar-refractivity contribution in [3.8, 4) is 11.8 Å². The smallest absolute Gasteiger partial charge is 0.138 e. The van der Waals surface area contributed by atoms with Crippen molar-refractivity contribution < 1.29 is 4.74 Å². The molecule has 0 bridgehead atoms. The van der Waals surface area contributed by atoms with Gasteiger partial charge in [-0.1, -0.05) is 17.7 Å². The van der Waals surface area contributed by atoms with Crippen molar-refractivity contribution in [3.05, 3.63) is 58.9 Å². The Labute approximate surface area is 104 Å². The number of hydrogen-bond acceptors (Lipinski definition) is 3. The Morgan fingerprint density at radius 1 is 1.35 bits per heavy atom. The molecular formula is C13H9ClN2O. The van der Waals surface area contributed by atoms with Crippen molar-refractivity contribution in [3.63, 3.8) is 0 Å². The van der Waals surface area contributed by atoms with E-state index in [1.165, 1.54) is 0 Å². The Morgan fingerprint density at radius 3 is 2.88 bits per heavy atom. The van der Waals surface area contributed by atoms with Gasteiger partial charge in [0.1, 0.15) is 12.4 Å². The van der Waals surface area contributed by atoms with E-state index in [9.17, 15) is 0 Å². The predicted molar refractivity (Wildman–Crippen MR) is 64.7 cm³/mol. The summed E-state index contributed by atoms with van der Waals surface area (Å²) in [7, 11) is 0. The van der Waals surface area contributed by atoms with E-state index in [1.807, 2.05) is 12.1 Å². The summed E-state index contributed by atoms with van der Waals surface area (Å²) in [4.78, 5) is 3.95. The zero-order valence-electron chi connectivity index (χ0n) is 8.93. The highest BCUT2D eigenvalue weighted by atomic mass is 35.5. The van der Waals surface area contributed by atoms with E-state index in [-0.39, 0.29) is 0 Å². The van der Waals surface area contributed by atoms with Crippen LogP contribution in [0.25, 0.3) is 0 Å². The highest BCUT2D eigenvalue weighted by Gasteiger charge is 2.02. The fourth-order valence-corrected chi connectivity index (χ4v) is 1.56. The molecule has 2 aromatic rings. The van der Waals surface area contributed by atoms with Gasteiger partial charge >= 0.3 is 0 Å². The maximum absolute atomic E-state index is 8.71. The van der Waals surface area contributed by atoms with E-state index in [2.05, 4.69) is 4.98 Å². The minimum absolute atomic E-state index is 0.357. The average molecular weight is 245 g/mol. The SMILES string of the molecule is N#Cc1ccc(COc2cccnc2)c(Cl)c1. The summed E-state index contributed by atoms with van der Waals surface area (Å²) in [5.74, 6) is 0.688. The summed E-state index contributed by atoms with van der Waals surface area (Å²) >= 11 is 6.03.